The largest absolute Gasteiger partial charge is 0.391 e. The molecule has 1 unspecified atom stereocenters. The van der Waals surface area contributed by atoms with Crippen molar-refractivity contribution in [2.45, 2.75) is 19.4 Å². The molecule has 5 heteroatoms. The van der Waals surface area contributed by atoms with Crippen LogP contribution in [0, 0.1) is 0 Å². The monoisotopic (exact) mass is 220 g/mol. The number of anilines is 1. The van der Waals surface area contributed by atoms with Crippen LogP contribution in [0.25, 0.3) is 11.0 Å². The molecule has 2 rings (SSSR count). The van der Waals surface area contributed by atoms with E-state index in [2.05, 4.69) is 15.3 Å². The van der Waals surface area contributed by atoms with Gasteiger partial charge in [0.15, 0.2) is 5.82 Å². The zero-order valence-electron chi connectivity index (χ0n) is 9.51. The fourth-order valence-corrected chi connectivity index (χ4v) is 1.55. The van der Waals surface area contributed by atoms with Crippen LogP contribution in [0.2, 0.25) is 0 Å². The molecular formula is C11H16N4O. The third-order valence-corrected chi connectivity index (χ3v) is 2.62. The summed E-state index contributed by atoms with van der Waals surface area (Å²) in [5.74, 6) is 0.727. The summed E-state index contributed by atoms with van der Waals surface area (Å²) in [6, 6.07) is 1.92. The SMILES string of the molecule is CCC(O)CNc1nccc2c1ncn2C. The summed E-state index contributed by atoms with van der Waals surface area (Å²) in [5.41, 5.74) is 1.87. The highest BCUT2D eigenvalue weighted by atomic mass is 16.3. The molecule has 0 fully saturated rings. The maximum Gasteiger partial charge on any atom is 0.154 e. The number of fused-ring (bicyclic) bond motifs is 1. The van der Waals surface area contributed by atoms with Gasteiger partial charge in [-0.1, -0.05) is 6.92 Å². The molecule has 2 N–H and O–H groups in total. The van der Waals surface area contributed by atoms with Crippen LogP contribution in [-0.4, -0.2) is 32.3 Å². The molecule has 0 aliphatic carbocycles. The van der Waals surface area contributed by atoms with Gasteiger partial charge < -0.3 is 15.0 Å². The molecule has 0 saturated carbocycles. The van der Waals surface area contributed by atoms with Crippen molar-refractivity contribution in [2.75, 3.05) is 11.9 Å². The van der Waals surface area contributed by atoms with Gasteiger partial charge in [0.1, 0.15) is 5.52 Å². The second kappa shape index (κ2) is 4.49. The van der Waals surface area contributed by atoms with Gasteiger partial charge in [-0.2, -0.15) is 0 Å². The van der Waals surface area contributed by atoms with Crippen LogP contribution in [0.5, 0.6) is 0 Å². The maximum absolute atomic E-state index is 9.48. The van der Waals surface area contributed by atoms with Crippen molar-refractivity contribution in [1.29, 1.82) is 0 Å². The number of rotatable bonds is 4. The molecular weight excluding hydrogens is 204 g/mol. The highest BCUT2D eigenvalue weighted by Crippen LogP contribution is 2.18. The second-order valence-electron chi connectivity index (χ2n) is 3.83. The molecule has 86 valence electrons. The zero-order chi connectivity index (χ0) is 11.5. The summed E-state index contributed by atoms with van der Waals surface area (Å²) in [6.07, 6.45) is 3.88. The van der Waals surface area contributed by atoms with E-state index >= 15 is 0 Å². The fourth-order valence-electron chi connectivity index (χ4n) is 1.55. The Balaban J connectivity index is 2.24. The lowest BCUT2D eigenvalue weighted by Gasteiger charge is -2.10. The summed E-state index contributed by atoms with van der Waals surface area (Å²) in [4.78, 5) is 8.51. The van der Waals surface area contributed by atoms with Crippen LogP contribution in [0.1, 0.15) is 13.3 Å². The van der Waals surface area contributed by atoms with Gasteiger partial charge in [0.2, 0.25) is 0 Å². The standard InChI is InChI=1S/C11H16N4O/c1-3-8(16)6-13-11-10-9(4-5-12-11)15(2)7-14-10/h4-5,7-8,16H,3,6H2,1-2H3,(H,12,13). The smallest absolute Gasteiger partial charge is 0.154 e. The molecule has 1 atom stereocenters. The summed E-state index contributed by atoms with van der Waals surface area (Å²) in [7, 11) is 1.94. The molecule has 0 saturated heterocycles. The van der Waals surface area contributed by atoms with E-state index in [1.807, 2.05) is 24.6 Å². The van der Waals surface area contributed by atoms with Gasteiger partial charge in [-0.15, -0.1) is 0 Å². The van der Waals surface area contributed by atoms with E-state index in [1.54, 1.807) is 12.5 Å². The predicted octanol–water partition coefficient (Wildman–Crippen LogP) is 1.15. The minimum atomic E-state index is -0.347. The number of imidazole rings is 1. The number of pyridine rings is 1. The topological polar surface area (TPSA) is 63.0 Å². The number of nitrogens with one attached hydrogen (secondary N) is 1. The van der Waals surface area contributed by atoms with E-state index in [1.165, 1.54) is 0 Å². The first kappa shape index (κ1) is 10.9. The van der Waals surface area contributed by atoms with Crippen molar-refractivity contribution >= 4 is 16.9 Å². The highest BCUT2D eigenvalue weighted by Gasteiger charge is 2.07. The predicted molar refractivity (Wildman–Crippen MR) is 63.3 cm³/mol. The fraction of sp³-hybridized carbons (Fsp3) is 0.455. The minimum absolute atomic E-state index is 0.347. The number of aliphatic hydroxyl groups excluding tert-OH is 1. The van der Waals surface area contributed by atoms with Crippen LogP contribution in [0.4, 0.5) is 5.82 Å². The molecule has 0 amide bonds. The van der Waals surface area contributed by atoms with E-state index < -0.39 is 0 Å². The lowest BCUT2D eigenvalue weighted by molar-refractivity contribution is 0.183. The van der Waals surface area contributed by atoms with Crippen LogP contribution >= 0.6 is 0 Å². The van der Waals surface area contributed by atoms with Gasteiger partial charge in [-0.25, -0.2) is 9.97 Å². The van der Waals surface area contributed by atoms with Crippen LogP contribution in [-0.2, 0) is 7.05 Å². The third-order valence-electron chi connectivity index (χ3n) is 2.62. The molecule has 16 heavy (non-hydrogen) atoms. The van der Waals surface area contributed by atoms with E-state index in [0.717, 1.165) is 23.3 Å². The van der Waals surface area contributed by atoms with Crippen LogP contribution < -0.4 is 5.32 Å². The molecule has 0 spiro atoms. The van der Waals surface area contributed by atoms with E-state index in [9.17, 15) is 5.11 Å². The Bertz CT molecular complexity index is 480. The Morgan fingerprint density at radius 1 is 1.50 bits per heavy atom. The average molecular weight is 220 g/mol. The maximum atomic E-state index is 9.48. The lowest BCUT2D eigenvalue weighted by Crippen LogP contribution is -2.18. The summed E-state index contributed by atoms with van der Waals surface area (Å²) < 4.78 is 1.94. The first-order valence-electron chi connectivity index (χ1n) is 5.40. The highest BCUT2D eigenvalue weighted by molar-refractivity contribution is 5.85. The van der Waals surface area contributed by atoms with Gasteiger partial charge in [0, 0.05) is 19.8 Å². The molecule has 0 radical (unpaired) electrons. The number of hydrogen-bond donors (Lipinski definition) is 2. The summed E-state index contributed by atoms with van der Waals surface area (Å²) >= 11 is 0. The molecule has 2 heterocycles. The van der Waals surface area contributed by atoms with Gasteiger partial charge in [-0.05, 0) is 12.5 Å². The van der Waals surface area contributed by atoms with Gasteiger partial charge in [0.25, 0.3) is 0 Å². The quantitative estimate of drug-likeness (QED) is 0.811. The van der Waals surface area contributed by atoms with Crippen molar-refractivity contribution in [1.82, 2.24) is 14.5 Å². The van der Waals surface area contributed by atoms with Crippen molar-refractivity contribution in [2.24, 2.45) is 7.05 Å². The molecule has 2 aromatic rings. The van der Waals surface area contributed by atoms with Gasteiger partial charge in [0.05, 0.1) is 17.9 Å². The van der Waals surface area contributed by atoms with E-state index in [0.29, 0.717) is 6.54 Å². The number of aliphatic hydroxyl groups is 1. The van der Waals surface area contributed by atoms with Crippen molar-refractivity contribution in [3.8, 4) is 0 Å². The Morgan fingerprint density at radius 2 is 2.31 bits per heavy atom. The Hall–Kier alpha value is -1.62. The molecule has 0 aliphatic heterocycles. The average Bonchev–Trinajstić information content (AvgIpc) is 2.69. The van der Waals surface area contributed by atoms with Gasteiger partial charge in [-0.3, -0.25) is 0 Å². The Kier molecular flexibility index (Phi) is 3.05. The first-order chi connectivity index (χ1) is 7.72. The molecule has 5 nitrogen and oxygen atoms in total. The van der Waals surface area contributed by atoms with Crippen LogP contribution in [0.15, 0.2) is 18.6 Å². The number of nitrogens with zero attached hydrogens (tertiary/aromatic N) is 3. The number of aryl methyl sites for hydroxylation is 1. The summed E-state index contributed by atoms with van der Waals surface area (Å²) in [6.45, 7) is 2.44. The Labute approximate surface area is 94.1 Å². The molecule has 2 aromatic heterocycles. The van der Waals surface area contributed by atoms with Crippen molar-refractivity contribution in [3.05, 3.63) is 18.6 Å². The lowest BCUT2D eigenvalue weighted by atomic mass is 10.3. The van der Waals surface area contributed by atoms with E-state index in [-0.39, 0.29) is 6.10 Å². The normalized spacial score (nSPS) is 12.9. The molecule has 0 aromatic carbocycles. The van der Waals surface area contributed by atoms with Crippen molar-refractivity contribution < 1.29 is 5.11 Å². The number of hydrogen-bond acceptors (Lipinski definition) is 4. The zero-order valence-corrected chi connectivity index (χ0v) is 9.51. The second-order valence-corrected chi connectivity index (χ2v) is 3.83. The third kappa shape index (κ3) is 1.99. The van der Waals surface area contributed by atoms with E-state index in [4.69, 9.17) is 0 Å². The van der Waals surface area contributed by atoms with Crippen molar-refractivity contribution in [3.63, 3.8) is 0 Å². The molecule has 0 aliphatic rings. The van der Waals surface area contributed by atoms with Gasteiger partial charge >= 0.3 is 0 Å². The molecule has 0 bridgehead atoms. The summed E-state index contributed by atoms with van der Waals surface area (Å²) in [5, 5.41) is 12.6. The van der Waals surface area contributed by atoms with Crippen LogP contribution in [0.3, 0.4) is 0 Å². The number of aromatic nitrogens is 3. The minimum Gasteiger partial charge on any atom is -0.391 e. The first-order valence-corrected chi connectivity index (χ1v) is 5.40. The Morgan fingerprint density at radius 3 is 3.06 bits per heavy atom.